The topological polar surface area (TPSA) is 87.5 Å². The molecule has 6 rings (SSSR count). The predicted octanol–water partition coefficient (Wildman–Crippen LogP) is 3.66. The summed E-state index contributed by atoms with van der Waals surface area (Å²) >= 11 is 7.54. The molecule has 2 aromatic heterocycles. The highest BCUT2D eigenvalue weighted by Gasteiger charge is 2.51. The average molecular weight is 578 g/mol. The fraction of sp³-hybridized carbons (Fsp3) is 0.538. The van der Waals surface area contributed by atoms with Crippen molar-refractivity contribution in [1.29, 1.82) is 0 Å². The maximum atomic E-state index is 13.4. The van der Waals surface area contributed by atoms with Gasteiger partial charge in [0.15, 0.2) is 15.1 Å². The van der Waals surface area contributed by atoms with E-state index in [-0.39, 0.29) is 35.3 Å². The van der Waals surface area contributed by atoms with Crippen LogP contribution in [0, 0.1) is 12.3 Å². The van der Waals surface area contributed by atoms with Crippen LogP contribution >= 0.6 is 22.9 Å². The first-order valence-corrected chi connectivity index (χ1v) is 15.8. The molecule has 3 aromatic rings. The zero-order chi connectivity index (χ0) is 26.5. The van der Waals surface area contributed by atoms with Crippen molar-refractivity contribution >= 4 is 49.6 Å². The predicted molar refractivity (Wildman–Crippen MR) is 147 cm³/mol. The number of carbonyl (C=O) groups is 1. The Labute approximate surface area is 232 Å². The van der Waals surface area contributed by atoms with Gasteiger partial charge in [0.2, 0.25) is 0 Å². The van der Waals surface area contributed by atoms with E-state index in [2.05, 4.69) is 46.0 Å². The van der Waals surface area contributed by atoms with Crippen molar-refractivity contribution in [1.82, 2.24) is 18.6 Å². The largest absolute Gasteiger partial charge is 0.462 e. The fourth-order valence-corrected chi connectivity index (χ4v) is 8.81. The van der Waals surface area contributed by atoms with Crippen LogP contribution in [0.1, 0.15) is 31.2 Å². The van der Waals surface area contributed by atoms with E-state index in [0.29, 0.717) is 24.2 Å². The molecule has 0 radical (unpaired) electrons. The van der Waals surface area contributed by atoms with Crippen molar-refractivity contribution < 1.29 is 17.9 Å². The second-order valence-electron chi connectivity index (χ2n) is 10.6. The van der Waals surface area contributed by atoms with Gasteiger partial charge in [-0.05, 0) is 38.3 Å². The number of piperidine rings is 1. The number of carbonyl (C=O) groups excluding carboxylic acids is 1. The quantitative estimate of drug-likeness (QED) is 0.413. The zero-order valence-electron chi connectivity index (χ0n) is 21.4. The zero-order valence-corrected chi connectivity index (χ0v) is 23.8. The number of halogens is 1. The maximum absolute atomic E-state index is 13.4. The van der Waals surface area contributed by atoms with Crippen LogP contribution in [0.4, 0.5) is 5.69 Å². The molecule has 0 bridgehead atoms. The van der Waals surface area contributed by atoms with Gasteiger partial charge in [0.25, 0.3) is 10.0 Å². The van der Waals surface area contributed by atoms with Gasteiger partial charge >= 0.3 is 5.97 Å². The summed E-state index contributed by atoms with van der Waals surface area (Å²) in [5.41, 5.74) is 1.94. The Morgan fingerprint density at radius 1 is 1.11 bits per heavy atom. The Morgan fingerprint density at radius 3 is 2.53 bits per heavy atom. The summed E-state index contributed by atoms with van der Waals surface area (Å²) in [5.74, 6) is -0.175. The van der Waals surface area contributed by atoms with E-state index in [1.165, 1.54) is 31.3 Å². The lowest BCUT2D eigenvalue weighted by Crippen LogP contribution is -2.47. The molecule has 3 aliphatic heterocycles. The molecule has 3 fully saturated rings. The van der Waals surface area contributed by atoms with Crippen molar-refractivity contribution in [3.63, 3.8) is 0 Å². The first-order chi connectivity index (χ1) is 18.2. The normalized spacial score (nSPS) is 22.9. The number of anilines is 1. The number of sulfonamides is 1. The highest BCUT2D eigenvalue weighted by Crippen LogP contribution is 2.45. The monoisotopic (exact) mass is 577 g/mol. The molecule has 38 heavy (non-hydrogen) atoms. The Kier molecular flexibility index (Phi) is 6.92. The molecule has 1 spiro atoms. The molecule has 12 heteroatoms. The summed E-state index contributed by atoms with van der Waals surface area (Å²) in [7, 11) is -3.83. The molecule has 9 nitrogen and oxygen atoms in total. The van der Waals surface area contributed by atoms with Crippen LogP contribution in [-0.2, 0) is 19.6 Å². The van der Waals surface area contributed by atoms with Gasteiger partial charge in [-0.2, -0.15) is 4.31 Å². The maximum Gasteiger partial charge on any atom is 0.312 e. The molecule has 1 aromatic carbocycles. The van der Waals surface area contributed by atoms with Crippen LogP contribution in [0.25, 0.3) is 4.96 Å². The molecule has 0 aliphatic carbocycles. The number of hydrogen-bond acceptors (Lipinski definition) is 8. The molecule has 5 heterocycles. The number of aryl methyl sites for hydroxylation is 1. The number of esters is 1. The molecule has 0 saturated carbocycles. The molecule has 3 aliphatic rings. The van der Waals surface area contributed by atoms with Gasteiger partial charge < -0.3 is 9.64 Å². The third-order valence-corrected chi connectivity index (χ3v) is 11.4. The van der Waals surface area contributed by atoms with E-state index < -0.39 is 15.4 Å². The summed E-state index contributed by atoms with van der Waals surface area (Å²) in [6.45, 7) is 7.47. The number of thiazole rings is 1. The number of piperazine rings is 1. The summed E-state index contributed by atoms with van der Waals surface area (Å²) in [5, 5.41) is 1.76. The molecule has 1 atom stereocenters. The van der Waals surface area contributed by atoms with Gasteiger partial charge in [-0.1, -0.05) is 29.3 Å². The van der Waals surface area contributed by atoms with Crippen LogP contribution in [0.5, 0.6) is 0 Å². The lowest BCUT2D eigenvalue weighted by atomic mass is 9.76. The van der Waals surface area contributed by atoms with Gasteiger partial charge in [0, 0.05) is 69.5 Å². The van der Waals surface area contributed by atoms with E-state index in [1.807, 2.05) is 0 Å². The van der Waals surface area contributed by atoms with E-state index in [9.17, 15) is 13.2 Å². The Hall–Kier alpha value is -2.18. The van der Waals surface area contributed by atoms with Gasteiger partial charge in [0.05, 0.1) is 5.41 Å². The van der Waals surface area contributed by atoms with Crippen LogP contribution in [0.15, 0.2) is 40.9 Å². The number of fused-ring (bicyclic) bond motifs is 1. The first-order valence-electron chi connectivity index (χ1n) is 13.1. The fourth-order valence-electron chi connectivity index (χ4n) is 5.96. The van der Waals surface area contributed by atoms with Crippen molar-refractivity contribution in [3.8, 4) is 0 Å². The van der Waals surface area contributed by atoms with Gasteiger partial charge in [-0.3, -0.25) is 14.1 Å². The molecule has 0 amide bonds. The van der Waals surface area contributed by atoms with Crippen LogP contribution in [-0.4, -0.2) is 84.9 Å². The molecular weight excluding hydrogens is 546 g/mol. The Balaban J connectivity index is 1.02. The van der Waals surface area contributed by atoms with Crippen molar-refractivity contribution in [2.75, 3.05) is 50.7 Å². The first kappa shape index (κ1) is 26.1. The minimum absolute atomic E-state index is 0.000664. The summed E-state index contributed by atoms with van der Waals surface area (Å²) in [6.07, 6.45) is 3.93. The van der Waals surface area contributed by atoms with Crippen molar-refractivity contribution in [2.24, 2.45) is 5.41 Å². The van der Waals surface area contributed by atoms with Crippen molar-refractivity contribution in [2.45, 2.75) is 43.7 Å². The lowest BCUT2D eigenvalue weighted by molar-refractivity contribution is -0.150. The number of rotatable bonds is 6. The second kappa shape index (κ2) is 10.1. The van der Waals surface area contributed by atoms with E-state index in [1.54, 1.807) is 11.6 Å². The Bertz CT molecular complexity index is 1420. The number of cyclic esters (lactones) is 1. The second-order valence-corrected chi connectivity index (χ2v) is 13.7. The highest BCUT2D eigenvalue weighted by molar-refractivity contribution is 7.89. The molecule has 3 saturated heterocycles. The number of benzene rings is 1. The van der Waals surface area contributed by atoms with Gasteiger partial charge in [-0.25, -0.2) is 13.4 Å². The molecule has 204 valence electrons. The Morgan fingerprint density at radius 2 is 1.82 bits per heavy atom. The van der Waals surface area contributed by atoms with Crippen molar-refractivity contribution in [3.05, 3.63) is 46.6 Å². The molecule has 1 unspecified atom stereocenters. The van der Waals surface area contributed by atoms with Crippen LogP contribution < -0.4 is 4.90 Å². The summed E-state index contributed by atoms with van der Waals surface area (Å²) < 4.78 is 35.6. The van der Waals surface area contributed by atoms with E-state index in [4.69, 9.17) is 16.3 Å². The number of ether oxygens (including phenoxy) is 1. The highest BCUT2D eigenvalue weighted by atomic mass is 35.5. The van der Waals surface area contributed by atoms with Crippen LogP contribution in [0.2, 0.25) is 5.15 Å². The van der Waals surface area contributed by atoms with E-state index >= 15 is 0 Å². The third-order valence-electron chi connectivity index (χ3n) is 8.31. The average Bonchev–Trinajstić information content (AvgIpc) is 3.56. The SMILES string of the molecule is Cc1ccc(N2CCN(CCC3CC4(CCN(S(=O)(=O)c5c(Cl)nc6sccn56)CC4)C(=O)O3)CC2)cc1. The van der Waals surface area contributed by atoms with Crippen LogP contribution in [0.3, 0.4) is 0 Å². The summed E-state index contributed by atoms with van der Waals surface area (Å²) in [6, 6.07) is 8.68. The number of nitrogens with zero attached hydrogens (tertiary/aromatic N) is 5. The van der Waals surface area contributed by atoms with E-state index in [0.717, 1.165) is 39.1 Å². The smallest absolute Gasteiger partial charge is 0.312 e. The lowest BCUT2D eigenvalue weighted by Gasteiger charge is -2.36. The minimum atomic E-state index is -3.83. The minimum Gasteiger partial charge on any atom is -0.462 e. The van der Waals surface area contributed by atoms with Gasteiger partial charge in [-0.15, -0.1) is 11.3 Å². The molecular formula is C26H32ClN5O4S2. The standard InChI is InChI=1S/C26H32ClN5O4S2/c1-19-2-4-20(5-3-19)30-14-12-29(13-15-30)9-6-21-18-26(24(33)36-21)7-10-31(11-8-26)38(34,35)23-22(27)28-25-32(23)16-17-37-25/h2-5,16-17,21H,6-15,18H2,1H3. The van der Waals surface area contributed by atoms with Gasteiger partial charge in [0.1, 0.15) is 6.10 Å². The third kappa shape index (κ3) is 4.72. The number of imidazole rings is 1. The molecule has 0 N–H and O–H groups in total. The number of hydrogen-bond donors (Lipinski definition) is 0. The number of aromatic nitrogens is 2. The summed E-state index contributed by atoms with van der Waals surface area (Å²) in [4.78, 5) is 22.5.